The molecule has 0 N–H and O–H groups in total. The fourth-order valence-corrected chi connectivity index (χ4v) is 5.19. The van der Waals surface area contributed by atoms with Crippen molar-refractivity contribution in [1.29, 1.82) is 0 Å². The van der Waals surface area contributed by atoms with Crippen LogP contribution in [0.4, 0.5) is 5.69 Å². The predicted octanol–water partition coefficient (Wildman–Crippen LogP) is 6.10. The quantitative estimate of drug-likeness (QED) is 0.363. The maximum Gasteiger partial charge on any atom is 0.338 e. The molecule has 3 aromatic carbocycles. The van der Waals surface area contributed by atoms with Crippen molar-refractivity contribution in [2.24, 2.45) is 0 Å². The molecule has 0 aliphatic carbocycles. The van der Waals surface area contributed by atoms with Crippen molar-refractivity contribution in [2.75, 3.05) is 17.5 Å². The average Bonchev–Trinajstić information content (AvgIpc) is 2.79. The molecule has 180 valence electrons. The molecule has 0 fully saturated rings. The lowest BCUT2D eigenvalue weighted by Crippen LogP contribution is -2.31. The zero-order valence-electron chi connectivity index (χ0n) is 20.5. The van der Waals surface area contributed by atoms with E-state index in [4.69, 9.17) is 9.47 Å². The fourth-order valence-electron chi connectivity index (χ4n) is 3.61. The summed E-state index contributed by atoms with van der Waals surface area (Å²) in [5, 5.41) is 0. The van der Waals surface area contributed by atoms with Crippen molar-refractivity contribution in [3.05, 3.63) is 82.4 Å². The zero-order valence-corrected chi connectivity index (χ0v) is 21.3. The number of ether oxygens (including phenoxy) is 2. The minimum absolute atomic E-state index is 0.0518. The summed E-state index contributed by atoms with van der Waals surface area (Å²) in [7, 11) is -3.91. The second-order valence-electron chi connectivity index (χ2n) is 8.15. The highest BCUT2D eigenvalue weighted by atomic mass is 32.2. The maximum absolute atomic E-state index is 13.5. The third kappa shape index (κ3) is 5.25. The van der Waals surface area contributed by atoms with E-state index in [0.717, 1.165) is 11.3 Å². The first-order chi connectivity index (χ1) is 16.1. The van der Waals surface area contributed by atoms with Crippen LogP contribution in [0.5, 0.6) is 11.5 Å². The summed E-state index contributed by atoms with van der Waals surface area (Å²) in [4.78, 5) is 12.4. The molecule has 0 spiro atoms. The van der Waals surface area contributed by atoms with Crippen LogP contribution in [0.1, 0.15) is 46.5 Å². The van der Waals surface area contributed by atoms with Gasteiger partial charge in [0.2, 0.25) is 0 Å². The van der Waals surface area contributed by atoms with E-state index >= 15 is 0 Å². The van der Waals surface area contributed by atoms with Crippen molar-refractivity contribution >= 4 is 21.7 Å². The van der Waals surface area contributed by atoms with Gasteiger partial charge in [-0.2, -0.15) is 0 Å². The summed E-state index contributed by atoms with van der Waals surface area (Å²) in [6.07, 6.45) is 0. The lowest BCUT2D eigenvalue weighted by atomic mass is 10.0. The fraction of sp³-hybridized carbons (Fsp3) is 0.296. The number of anilines is 1. The second kappa shape index (κ2) is 10.3. The minimum atomic E-state index is -3.91. The molecule has 0 atom stereocenters. The number of nitrogens with zero attached hydrogens (tertiary/aromatic N) is 1. The molecule has 0 aliphatic rings. The Kier molecular flexibility index (Phi) is 7.67. The van der Waals surface area contributed by atoms with E-state index < -0.39 is 16.0 Å². The van der Waals surface area contributed by atoms with Gasteiger partial charge in [0.25, 0.3) is 10.0 Å². The van der Waals surface area contributed by atoms with Crippen LogP contribution in [0.25, 0.3) is 0 Å². The molecular weight excluding hydrogens is 450 g/mol. The third-order valence-electron chi connectivity index (χ3n) is 5.85. The van der Waals surface area contributed by atoms with Crippen LogP contribution in [0, 0.1) is 27.7 Å². The smallest absolute Gasteiger partial charge is 0.338 e. The van der Waals surface area contributed by atoms with Crippen LogP contribution in [0.2, 0.25) is 0 Å². The lowest BCUT2D eigenvalue weighted by Gasteiger charge is -2.24. The Morgan fingerprint density at radius 3 is 2.06 bits per heavy atom. The van der Waals surface area contributed by atoms with E-state index in [9.17, 15) is 13.2 Å². The monoisotopic (exact) mass is 481 g/mol. The SMILES string of the molecule is CCOC(=O)c1cc(S(=O)(=O)N(CC)c2ccc(Oc3ccc(C)c(C)c3)cc2)cc(C)c1C. The summed E-state index contributed by atoms with van der Waals surface area (Å²) < 4.78 is 39.5. The summed E-state index contributed by atoms with van der Waals surface area (Å²) in [6, 6.07) is 15.8. The summed E-state index contributed by atoms with van der Waals surface area (Å²) in [5.41, 5.74) is 4.49. The van der Waals surface area contributed by atoms with Gasteiger partial charge in [0.1, 0.15) is 11.5 Å². The first-order valence-corrected chi connectivity index (χ1v) is 12.7. The molecule has 0 bridgehead atoms. The molecule has 0 radical (unpaired) electrons. The van der Waals surface area contributed by atoms with Gasteiger partial charge in [-0.05, 0) is 112 Å². The first-order valence-electron chi connectivity index (χ1n) is 11.2. The first kappa shape index (κ1) is 25.3. The van der Waals surface area contributed by atoms with Gasteiger partial charge < -0.3 is 9.47 Å². The van der Waals surface area contributed by atoms with Gasteiger partial charge >= 0.3 is 5.97 Å². The Hall–Kier alpha value is -3.32. The Morgan fingerprint density at radius 2 is 1.47 bits per heavy atom. The number of sulfonamides is 1. The number of benzene rings is 3. The molecule has 7 heteroatoms. The van der Waals surface area contributed by atoms with Gasteiger partial charge in [-0.1, -0.05) is 6.07 Å². The summed E-state index contributed by atoms with van der Waals surface area (Å²) in [6.45, 7) is 11.6. The number of rotatable bonds is 8. The highest BCUT2D eigenvalue weighted by Gasteiger charge is 2.26. The van der Waals surface area contributed by atoms with Gasteiger partial charge in [-0.25, -0.2) is 13.2 Å². The molecule has 0 heterocycles. The zero-order chi connectivity index (χ0) is 25.0. The minimum Gasteiger partial charge on any atom is -0.462 e. The lowest BCUT2D eigenvalue weighted by molar-refractivity contribution is 0.0525. The van der Waals surface area contributed by atoms with Crippen LogP contribution in [0.3, 0.4) is 0 Å². The number of hydrogen-bond donors (Lipinski definition) is 0. The topological polar surface area (TPSA) is 72.9 Å². The normalized spacial score (nSPS) is 11.2. The summed E-state index contributed by atoms with van der Waals surface area (Å²) in [5.74, 6) is 0.796. The van der Waals surface area contributed by atoms with E-state index in [1.54, 1.807) is 58.0 Å². The Balaban J connectivity index is 1.92. The third-order valence-corrected chi connectivity index (χ3v) is 7.73. The van der Waals surface area contributed by atoms with Crippen LogP contribution in [-0.2, 0) is 14.8 Å². The van der Waals surface area contributed by atoms with Crippen molar-refractivity contribution in [3.8, 4) is 11.5 Å². The average molecular weight is 482 g/mol. The van der Waals surface area contributed by atoms with Gasteiger partial charge in [-0.3, -0.25) is 4.31 Å². The number of esters is 1. The molecule has 0 aromatic heterocycles. The van der Waals surface area contributed by atoms with Crippen molar-refractivity contribution in [1.82, 2.24) is 0 Å². The molecule has 0 saturated heterocycles. The standard InChI is InChI=1S/C27H31NO5S/c1-7-28(22-10-13-23(14-11-22)33-24-12-9-18(3)19(4)15-24)34(30,31)25-16-20(5)21(6)26(17-25)27(29)32-8-2/h9-17H,7-8H2,1-6H3. The Bertz CT molecular complexity index is 1300. The van der Waals surface area contributed by atoms with E-state index in [0.29, 0.717) is 22.6 Å². The van der Waals surface area contributed by atoms with E-state index in [-0.39, 0.29) is 23.6 Å². The Labute approximate surface area is 202 Å². The predicted molar refractivity (Wildman–Crippen MR) is 135 cm³/mol. The van der Waals surface area contributed by atoms with E-state index in [1.807, 2.05) is 32.0 Å². The molecule has 0 amide bonds. The van der Waals surface area contributed by atoms with Crippen LogP contribution in [0.15, 0.2) is 59.5 Å². The molecule has 0 unspecified atom stereocenters. The van der Waals surface area contributed by atoms with E-state index in [2.05, 4.69) is 0 Å². The van der Waals surface area contributed by atoms with Crippen molar-refractivity contribution in [2.45, 2.75) is 46.4 Å². The molecule has 6 nitrogen and oxygen atoms in total. The van der Waals surface area contributed by atoms with Gasteiger partial charge in [0.05, 0.1) is 22.8 Å². The van der Waals surface area contributed by atoms with Gasteiger partial charge in [0, 0.05) is 6.54 Å². The van der Waals surface area contributed by atoms with Crippen LogP contribution >= 0.6 is 0 Å². The highest BCUT2D eigenvalue weighted by Crippen LogP contribution is 2.30. The van der Waals surface area contributed by atoms with Gasteiger partial charge in [-0.15, -0.1) is 0 Å². The molecule has 34 heavy (non-hydrogen) atoms. The number of hydrogen-bond acceptors (Lipinski definition) is 5. The van der Waals surface area contributed by atoms with E-state index in [1.165, 1.54) is 15.9 Å². The van der Waals surface area contributed by atoms with Crippen LogP contribution in [-0.4, -0.2) is 27.5 Å². The number of carbonyl (C=O) groups is 1. The number of aryl methyl sites for hydroxylation is 3. The maximum atomic E-state index is 13.5. The molecule has 0 aliphatic heterocycles. The van der Waals surface area contributed by atoms with Gasteiger partial charge in [0.15, 0.2) is 0 Å². The van der Waals surface area contributed by atoms with Crippen molar-refractivity contribution in [3.63, 3.8) is 0 Å². The number of carbonyl (C=O) groups excluding carboxylic acids is 1. The highest BCUT2D eigenvalue weighted by molar-refractivity contribution is 7.92. The van der Waals surface area contributed by atoms with Crippen molar-refractivity contribution < 1.29 is 22.7 Å². The largest absolute Gasteiger partial charge is 0.462 e. The Morgan fingerprint density at radius 1 is 0.824 bits per heavy atom. The summed E-state index contributed by atoms with van der Waals surface area (Å²) >= 11 is 0. The van der Waals surface area contributed by atoms with Crippen LogP contribution < -0.4 is 9.04 Å². The molecule has 3 aromatic rings. The second-order valence-corrected chi connectivity index (χ2v) is 10.0. The molecule has 0 saturated carbocycles. The molecule has 3 rings (SSSR count). The molecular formula is C27H31NO5S.